The minimum Gasteiger partial charge on any atom is -0.337 e. The number of carbonyl (C=O) groups is 2. The van der Waals surface area contributed by atoms with E-state index in [0.29, 0.717) is 32.6 Å². The van der Waals surface area contributed by atoms with Crippen LogP contribution in [-0.2, 0) is 11.3 Å². The number of likely N-dealkylation sites (tertiary alicyclic amines) is 2. The number of aromatic nitrogens is 2. The van der Waals surface area contributed by atoms with Crippen molar-refractivity contribution in [2.75, 3.05) is 19.6 Å². The van der Waals surface area contributed by atoms with Crippen LogP contribution in [0.4, 0.5) is 4.39 Å². The van der Waals surface area contributed by atoms with Gasteiger partial charge < -0.3 is 9.80 Å². The third-order valence-electron chi connectivity index (χ3n) is 5.27. The molecule has 134 valence electrons. The van der Waals surface area contributed by atoms with Crippen LogP contribution in [0, 0.1) is 11.2 Å². The minimum atomic E-state index is -0.539. The van der Waals surface area contributed by atoms with Crippen molar-refractivity contribution in [3.8, 4) is 0 Å². The first kappa shape index (κ1) is 16.6. The van der Waals surface area contributed by atoms with Crippen LogP contribution < -0.4 is 0 Å². The maximum absolute atomic E-state index is 13.3. The number of pyridine rings is 2. The lowest BCUT2D eigenvalue weighted by Gasteiger charge is -2.23. The number of nitrogens with zero attached hydrogens (tertiary/aromatic N) is 4. The molecule has 0 aliphatic carbocycles. The van der Waals surface area contributed by atoms with Gasteiger partial charge in [-0.1, -0.05) is 6.07 Å². The highest BCUT2D eigenvalue weighted by Gasteiger charge is 2.51. The first-order valence-corrected chi connectivity index (χ1v) is 8.67. The predicted octanol–water partition coefficient (Wildman–Crippen LogP) is 1.88. The molecule has 1 spiro atoms. The van der Waals surface area contributed by atoms with Crippen molar-refractivity contribution in [1.82, 2.24) is 19.8 Å². The Bertz CT molecular complexity index is 844. The average Bonchev–Trinajstić information content (AvgIpc) is 3.22. The van der Waals surface area contributed by atoms with E-state index in [9.17, 15) is 14.0 Å². The van der Waals surface area contributed by atoms with E-state index in [0.717, 1.165) is 18.3 Å². The van der Waals surface area contributed by atoms with Gasteiger partial charge in [-0.3, -0.25) is 19.6 Å². The summed E-state index contributed by atoms with van der Waals surface area (Å²) in [5.41, 5.74) is 0.554. The number of hydrogen-bond donors (Lipinski definition) is 0. The molecule has 0 N–H and O–H groups in total. The maximum atomic E-state index is 13.3. The van der Waals surface area contributed by atoms with Crippen molar-refractivity contribution in [2.45, 2.75) is 19.4 Å². The Balaban J connectivity index is 1.46. The second-order valence-corrected chi connectivity index (χ2v) is 6.95. The molecule has 0 bridgehead atoms. The SMILES string of the molecule is O=C(c1cncc(F)c1)N1CCC2(CCN(Cc3ccccn3)C2=O)C1. The molecule has 0 saturated carbocycles. The van der Waals surface area contributed by atoms with E-state index in [2.05, 4.69) is 9.97 Å². The topological polar surface area (TPSA) is 66.4 Å². The molecule has 0 aromatic carbocycles. The quantitative estimate of drug-likeness (QED) is 0.844. The van der Waals surface area contributed by atoms with Gasteiger partial charge in [0, 0.05) is 32.0 Å². The fourth-order valence-corrected chi connectivity index (χ4v) is 3.87. The standard InChI is InChI=1S/C19H19FN4O2/c20-15-9-14(10-21-11-15)17(25)24-8-5-19(13-24)4-7-23(18(19)26)12-16-3-1-2-6-22-16/h1-3,6,9-11H,4-5,7-8,12-13H2. The summed E-state index contributed by atoms with van der Waals surface area (Å²) < 4.78 is 13.3. The van der Waals surface area contributed by atoms with Gasteiger partial charge in [0.2, 0.25) is 5.91 Å². The second kappa shape index (κ2) is 6.48. The second-order valence-electron chi connectivity index (χ2n) is 6.95. The predicted molar refractivity (Wildman–Crippen MR) is 91.4 cm³/mol. The number of hydrogen-bond acceptors (Lipinski definition) is 4. The summed E-state index contributed by atoms with van der Waals surface area (Å²) in [6.45, 7) is 2.03. The van der Waals surface area contributed by atoms with Crippen LogP contribution >= 0.6 is 0 Å². The Hall–Kier alpha value is -2.83. The minimum absolute atomic E-state index is 0.0795. The lowest BCUT2D eigenvalue weighted by Crippen LogP contribution is -2.38. The Kier molecular flexibility index (Phi) is 4.14. The fourth-order valence-electron chi connectivity index (χ4n) is 3.87. The highest BCUT2D eigenvalue weighted by Crippen LogP contribution is 2.41. The fraction of sp³-hybridized carbons (Fsp3) is 0.368. The van der Waals surface area contributed by atoms with Crippen molar-refractivity contribution in [2.24, 2.45) is 5.41 Å². The summed E-state index contributed by atoms with van der Waals surface area (Å²) in [5.74, 6) is -0.732. The van der Waals surface area contributed by atoms with Gasteiger partial charge in [0.05, 0.1) is 29.4 Å². The summed E-state index contributed by atoms with van der Waals surface area (Å²) in [4.78, 5) is 37.1. The third kappa shape index (κ3) is 2.94. The van der Waals surface area contributed by atoms with Crippen LogP contribution in [0.3, 0.4) is 0 Å². The Labute approximate surface area is 150 Å². The number of halogens is 1. The van der Waals surface area contributed by atoms with E-state index in [1.807, 2.05) is 23.1 Å². The molecule has 1 unspecified atom stereocenters. The zero-order chi connectivity index (χ0) is 18.1. The molecule has 1 atom stereocenters. The lowest BCUT2D eigenvalue weighted by molar-refractivity contribution is -0.135. The van der Waals surface area contributed by atoms with Gasteiger partial charge in [0.25, 0.3) is 5.91 Å². The Morgan fingerprint density at radius 3 is 2.85 bits per heavy atom. The highest BCUT2D eigenvalue weighted by molar-refractivity contribution is 5.95. The van der Waals surface area contributed by atoms with Crippen LogP contribution in [0.15, 0.2) is 42.9 Å². The normalized spacial score (nSPS) is 22.4. The Morgan fingerprint density at radius 2 is 2.08 bits per heavy atom. The van der Waals surface area contributed by atoms with E-state index in [1.165, 1.54) is 12.3 Å². The molecule has 0 radical (unpaired) electrons. The van der Waals surface area contributed by atoms with E-state index in [4.69, 9.17) is 0 Å². The van der Waals surface area contributed by atoms with Crippen LogP contribution in [-0.4, -0.2) is 51.2 Å². The first-order valence-electron chi connectivity index (χ1n) is 8.67. The van der Waals surface area contributed by atoms with Crippen LogP contribution in [0.2, 0.25) is 0 Å². The molecule has 7 heteroatoms. The van der Waals surface area contributed by atoms with E-state index < -0.39 is 11.2 Å². The molecule has 2 aromatic heterocycles. The third-order valence-corrected chi connectivity index (χ3v) is 5.27. The lowest BCUT2D eigenvalue weighted by atomic mass is 9.85. The van der Waals surface area contributed by atoms with Crippen molar-refractivity contribution < 1.29 is 14.0 Å². The highest BCUT2D eigenvalue weighted by atomic mass is 19.1. The first-order chi connectivity index (χ1) is 12.6. The van der Waals surface area contributed by atoms with Gasteiger partial charge in [-0.15, -0.1) is 0 Å². The van der Waals surface area contributed by atoms with Gasteiger partial charge in [0.15, 0.2) is 0 Å². The van der Waals surface area contributed by atoms with Crippen LogP contribution in [0.25, 0.3) is 0 Å². The molecule has 2 aromatic rings. The summed E-state index contributed by atoms with van der Waals surface area (Å²) in [7, 11) is 0. The number of rotatable bonds is 3. The average molecular weight is 354 g/mol. The molecule has 2 amide bonds. The molecule has 26 heavy (non-hydrogen) atoms. The largest absolute Gasteiger partial charge is 0.337 e. The van der Waals surface area contributed by atoms with Crippen LogP contribution in [0.1, 0.15) is 28.9 Å². The molecule has 2 aliphatic rings. The van der Waals surface area contributed by atoms with Crippen molar-refractivity contribution in [1.29, 1.82) is 0 Å². The summed E-state index contributed by atoms with van der Waals surface area (Å²) in [6, 6.07) is 6.84. The molecule has 2 aliphatic heterocycles. The Morgan fingerprint density at radius 1 is 1.23 bits per heavy atom. The number of amides is 2. The van der Waals surface area contributed by atoms with Gasteiger partial charge in [-0.2, -0.15) is 0 Å². The van der Waals surface area contributed by atoms with E-state index in [1.54, 1.807) is 11.1 Å². The van der Waals surface area contributed by atoms with Gasteiger partial charge in [-0.05, 0) is 31.0 Å². The monoisotopic (exact) mass is 354 g/mol. The van der Waals surface area contributed by atoms with Crippen molar-refractivity contribution in [3.05, 3.63) is 59.9 Å². The zero-order valence-electron chi connectivity index (χ0n) is 14.3. The van der Waals surface area contributed by atoms with E-state index >= 15 is 0 Å². The smallest absolute Gasteiger partial charge is 0.255 e. The van der Waals surface area contributed by atoms with Gasteiger partial charge >= 0.3 is 0 Å². The summed E-state index contributed by atoms with van der Waals surface area (Å²) in [6.07, 6.45) is 5.51. The molecule has 2 fully saturated rings. The molecule has 2 saturated heterocycles. The molecular weight excluding hydrogens is 335 g/mol. The zero-order valence-corrected chi connectivity index (χ0v) is 14.3. The van der Waals surface area contributed by atoms with E-state index in [-0.39, 0.29) is 17.4 Å². The van der Waals surface area contributed by atoms with Crippen molar-refractivity contribution in [3.63, 3.8) is 0 Å². The van der Waals surface area contributed by atoms with Gasteiger partial charge in [-0.25, -0.2) is 4.39 Å². The van der Waals surface area contributed by atoms with Crippen LogP contribution in [0.5, 0.6) is 0 Å². The maximum Gasteiger partial charge on any atom is 0.255 e. The summed E-state index contributed by atoms with van der Waals surface area (Å²) in [5, 5.41) is 0. The molecule has 4 heterocycles. The number of carbonyl (C=O) groups excluding carboxylic acids is 2. The molecule has 4 rings (SSSR count). The van der Waals surface area contributed by atoms with Crippen molar-refractivity contribution >= 4 is 11.8 Å². The summed E-state index contributed by atoms with van der Waals surface area (Å²) >= 11 is 0. The molecule has 6 nitrogen and oxygen atoms in total. The van der Waals surface area contributed by atoms with Gasteiger partial charge in [0.1, 0.15) is 5.82 Å². The molecular formula is C19H19FN4O2.